The summed E-state index contributed by atoms with van der Waals surface area (Å²) in [7, 11) is 0. The monoisotopic (exact) mass is 241 g/mol. The first kappa shape index (κ1) is 10.8. The van der Waals surface area contributed by atoms with Gasteiger partial charge in [-0.3, -0.25) is 9.59 Å². The molecule has 1 aliphatic carbocycles. The standard InChI is InChI=1S/C13H11N3O2/c14-5-7-4-9(7)13(18)16-11-3-1-2-8-10(11)6-15-12(8)17/h1-3,7,9H,4,6H2,(H,15,17)(H,16,18)/t7-,9-/m1/s1. The minimum Gasteiger partial charge on any atom is -0.348 e. The topological polar surface area (TPSA) is 82.0 Å². The number of hydrogen-bond acceptors (Lipinski definition) is 3. The molecule has 5 nitrogen and oxygen atoms in total. The summed E-state index contributed by atoms with van der Waals surface area (Å²) in [5.74, 6) is -0.589. The van der Waals surface area contributed by atoms with Gasteiger partial charge in [0.25, 0.3) is 5.91 Å². The molecule has 2 N–H and O–H groups in total. The molecule has 1 aromatic rings. The Morgan fingerprint density at radius 1 is 1.50 bits per heavy atom. The lowest BCUT2D eigenvalue weighted by atomic mass is 10.1. The van der Waals surface area contributed by atoms with Gasteiger partial charge >= 0.3 is 0 Å². The van der Waals surface area contributed by atoms with Crippen LogP contribution in [0, 0.1) is 23.2 Å². The van der Waals surface area contributed by atoms with Gasteiger partial charge in [-0.25, -0.2) is 0 Å². The third-order valence-corrected chi connectivity index (χ3v) is 3.40. The van der Waals surface area contributed by atoms with Crippen molar-refractivity contribution >= 4 is 17.5 Å². The van der Waals surface area contributed by atoms with E-state index in [0.29, 0.717) is 24.2 Å². The van der Waals surface area contributed by atoms with Crippen LogP contribution >= 0.6 is 0 Å². The molecule has 0 radical (unpaired) electrons. The average molecular weight is 241 g/mol. The number of nitriles is 1. The average Bonchev–Trinajstić information content (AvgIpc) is 3.08. The number of carbonyl (C=O) groups excluding carboxylic acids is 2. The number of anilines is 1. The van der Waals surface area contributed by atoms with Gasteiger partial charge in [0.15, 0.2) is 0 Å². The summed E-state index contributed by atoms with van der Waals surface area (Å²) < 4.78 is 0. The highest BCUT2D eigenvalue weighted by molar-refractivity contribution is 6.02. The molecule has 3 rings (SSSR count). The fourth-order valence-corrected chi connectivity index (χ4v) is 2.22. The quantitative estimate of drug-likeness (QED) is 0.811. The summed E-state index contributed by atoms with van der Waals surface area (Å²) in [6.07, 6.45) is 0.633. The second kappa shape index (κ2) is 3.84. The molecule has 90 valence electrons. The molecule has 0 spiro atoms. The molecule has 1 fully saturated rings. The molecule has 1 heterocycles. The van der Waals surface area contributed by atoms with Crippen molar-refractivity contribution in [3.05, 3.63) is 29.3 Å². The van der Waals surface area contributed by atoms with Crippen LogP contribution in [0.4, 0.5) is 5.69 Å². The maximum absolute atomic E-state index is 11.9. The van der Waals surface area contributed by atoms with Gasteiger partial charge in [0.1, 0.15) is 0 Å². The van der Waals surface area contributed by atoms with Gasteiger partial charge in [0.2, 0.25) is 5.91 Å². The van der Waals surface area contributed by atoms with Crippen LogP contribution in [-0.4, -0.2) is 11.8 Å². The minimum absolute atomic E-state index is 0.109. The van der Waals surface area contributed by atoms with E-state index in [1.807, 2.05) is 0 Å². The first-order chi connectivity index (χ1) is 8.70. The van der Waals surface area contributed by atoms with Gasteiger partial charge in [-0.05, 0) is 18.6 Å². The largest absolute Gasteiger partial charge is 0.348 e. The van der Waals surface area contributed by atoms with Crippen LogP contribution in [0.1, 0.15) is 22.3 Å². The third-order valence-electron chi connectivity index (χ3n) is 3.40. The Morgan fingerprint density at radius 2 is 2.33 bits per heavy atom. The lowest BCUT2D eigenvalue weighted by Crippen LogP contribution is -2.16. The second-order valence-electron chi connectivity index (χ2n) is 4.58. The molecule has 0 bridgehead atoms. The predicted octanol–water partition coefficient (Wildman–Crippen LogP) is 1.03. The van der Waals surface area contributed by atoms with E-state index in [4.69, 9.17) is 5.26 Å². The van der Waals surface area contributed by atoms with E-state index in [0.717, 1.165) is 5.56 Å². The number of carbonyl (C=O) groups is 2. The zero-order valence-corrected chi connectivity index (χ0v) is 9.56. The molecule has 2 aliphatic rings. The van der Waals surface area contributed by atoms with Crippen LogP contribution in [0.5, 0.6) is 0 Å². The minimum atomic E-state index is -0.198. The first-order valence-electron chi connectivity index (χ1n) is 5.81. The Bertz CT molecular complexity index is 588. The van der Waals surface area contributed by atoms with Gasteiger partial charge in [-0.15, -0.1) is 0 Å². The molecule has 18 heavy (non-hydrogen) atoms. The van der Waals surface area contributed by atoms with Crippen molar-refractivity contribution in [1.29, 1.82) is 5.26 Å². The van der Waals surface area contributed by atoms with Gasteiger partial charge in [0, 0.05) is 23.4 Å². The SMILES string of the molecule is N#C[C@H]1C[C@H]1C(=O)Nc1cccc2c1CNC2=O. The second-order valence-corrected chi connectivity index (χ2v) is 4.58. The normalized spacial score (nSPS) is 23.8. The number of rotatable bonds is 2. The van der Waals surface area contributed by atoms with E-state index >= 15 is 0 Å². The number of fused-ring (bicyclic) bond motifs is 1. The van der Waals surface area contributed by atoms with Gasteiger partial charge in [-0.2, -0.15) is 5.26 Å². The molecular weight excluding hydrogens is 230 g/mol. The van der Waals surface area contributed by atoms with Crippen LogP contribution < -0.4 is 10.6 Å². The van der Waals surface area contributed by atoms with Crippen molar-refractivity contribution in [2.24, 2.45) is 11.8 Å². The van der Waals surface area contributed by atoms with Gasteiger partial charge in [-0.1, -0.05) is 6.07 Å². The van der Waals surface area contributed by atoms with Crippen LogP contribution in [0.2, 0.25) is 0 Å². The molecule has 5 heteroatoms. The summed E-state index contributed by atoms with van der Waals surface area (Å²) in [4.78, 5) is 23.3. The van der Waals surface area contributed by atoms with Crippen LogP contribution in [0.3, 0.4) is 0 Å². The Morgan fingerprint density at radius 3 is 3.06 bits per heavy atom. The summed E-state index contributed by atoms with van der Waals surface area (Å²) >= 11 is 0. The van der Waals surface area contributed by atoms with E-state index in [1.165, 1.54) is 0 Å². The maximum atomic E-state index is 11.9. The maximum Gasteiger partial charge on any atom is 0.251 e. The van der Waals surface area contributed by atoms with Gasteiger partial charge < -0.3 is 10.6 Å². The van der Waals surface area contributed by atoms with E-state index in [2.05, 4.69) is 16.7 Å². The molecule has 1 saturated carbocycles. The molecule has 0 saturated heterocycles. The smallest absolute Gasteiger partial charge is 0.251 e. The van der Waals surface area contributed by atoms with Gasteiger partial charge in [0.05, 0.1) is 17.9 Å². The first-order valence-corrected chi connectivity index (χ1v) is 5.81. The van der Waals surface area contributed by atoms with E-state index < -0.39 is 0 Å². The van der Waals surface area contributed by atoms with Crippen LogP contribution in [-0.2, 0) is 11.3 Å². The lowest BCUT2D eigenvalue weighted by molar-refractivity contribution is -0.117. The zero-order chi connectivity index (χ0) is 12.7. The number of nitrogens with zero attached hydrogens (tertiary/aromatic N) is 1. The van der Waals surface area contributed by atoms with Crippen molar-refractivity contribution in [2.75, 3.05) is 5.32 Å². The molecule has 2 atom stereocenters. The van der Waals surface area contributed by atoms with Crippen molar-refractivity contribution in [1.82, 2.24) is 5.32 Å². The van der Waals surface area contributed by atoms with E-state index in [-0.39, 0.29) is 23.7 Å². The van der Waals surface area contributed by atoms with Crippen LogP contribution in [0.15, 0.2) is 18.2 Å². The zero-order valence-electron chi connectivity index (χ0n) is 9.56. The molecule has 0 unspecified atom stereocenters. The molecular formula is C13H11N3O2. The number of benzene rings is 1. The summed E-state index contributed by atoms with van der Waals surface area (Å²) in [6, 6.07) is 7.35. The van der Waals surface area contributed by atoms with Crippen LogP contribution in [0.25, 0.3) is 0 Å². The van der Waals surface area contributed by atoms with Crippen molar-refractivity contribution in [3.63, 3.8) is 0 Å². The number of amides is 2. The van der Waals surface area contributed by atoms with Crippen molar-refractivity contribution < 1.29 is 9.59 Å². The summed E-state index contributed by atoms with van der Waals surface area (Å²) in [5.41, 5.74) is 2.10. The Labute approximate surface area is 104 Å². The predicted molar refractivity (Wildman–Crippen MR) is 63.5 cm³/mol. The Balaban J connectivity index is 1.81. The Kier molecular flexibility index (Phi) is 2.30. The molecule has 2 amide bonds. The highest BCUT2D eigenvalue weighted by atomic mass is 16.2. The summed E-state index contributed by atoms with van der Waals surface area (Å²) in [6.45, 7) is 0.441. The van der Waals surface area contributed by atoms with E-state index in [1.54, 1.807) is 18.2 Å². The Hall–Kier alpha value is -2.35. The number of hydrogen-bond donors (Lipinski definition) is 2. The lowest BCUT2D eigenvalue weighted by Gasteiger charge is -2.08. The van der Waals surface area contributed by atoms with Crippen molar-refractivity contribution in [2.45, 2.75) is 13.0 Å². The molecule has 0 aromatic heterocycles. The van der Waals surface area contributed by atoms with Crippen molar-refractivity contribution in [3.8, 4) is 6.07 Å². The molecule has 1 aliphatic heterocycles. The summed E-state index contributed by atoms with van der Waals surface area (Å²) in [5, 5.41) is 14.2. The van der Waals surface area contributed by atoms with E-state index in [9.17, 15) is 9.59 Å². The number of nitrogens with one attached hydrogen (secondary N) is 2. The fraction of sp³-hybridized carbons (Fsp3) is 0.308. The highest BCUT2D eigenvalue weighted by Crippen LogP contribution is 2.39. The molecule has 1 aromatic carbocycles. The third kappa shape index (κ3) is 1.63. The highest BCUT2D eigenvalue weighted by Gasteiger charge is 2.43. The fourth-order valence-electron chi connectivity index (χ4n) is 2.22.